The zero-order valence-corrected chi connectivity index (χ0v) is 9.53. The van der Waals surface area contributed by atoms with Gasteiger partial charge in [-0.15, -0.1) is 0 Å². The lowest BCUT2D eigenvalue weighted by Gasteiger charge is -2.20. The van der Waals surface area contributed by atoms with Gasteiger partial charge in [-0.3, -0.25) is 4.79 Å². The van der Waals surface area contributed by atoms with Crippen molar-refractivity contribution in [2.24, 2.45) is 5.92 Å². The summed E-state index contributed by atoms with van der Waals surface area (Å²) in [4.78, 5) is 11.6. The van der Waals surface area contributed by atoms with E-state index in [2.05, 4.69) is 5.32 Å². The highest BCUT2D eigenvalue weighted by atomic mass is 16.5. The summed E-state index contributed by atoms with van der Waals surface area (Å²) >= 11 is 0. The molecule has 1 aliphatic heterocycles. The van der Waals surface area contributed by atoms with Crippen molar-refractivity contribution in [2.45, 2.75) is 45.3 Å². The lowest BCUT2D eigenvalue weighted by molar-refractivity contribution is -0.124. The van der Waals surface area contributed by atoms with Gasteiger partial charge in [-0.05, 0) is 18.8 Å². The van der Waals surface area contributed by atoms with Crippen molar-refractivity contribution in [3.8, 4) is 0 Å². The fourth-order valence-corrected chi connectivity index (χ4v) is 1.70. The first-order valence-corrected chi connectivity index (χ1v) is 5.65. The van der Waals surface area contributed by atoms with E-state index in [-0.39, 0.29) is 30.6 Å². The summed E-state index contributed by atoms with van der Waals surface area (Å²) in [5, 5.41) is 11.9. The molecular formula is C11H21NO3. The van der Waals surface area contributed by atoms with Gasteiger partial charge in [-0.25, -0.2) is 0 Å². The van der Waals surface area contributed by atoms with Crippen molar-refractivity contribution >= 4 is 5.91 Å². The lowest BCUT2D eigenvalue weighted by atomic mass is 10.0. The second-order valence-electron chi connectivity index (χ2n) is 4.44. The molecular weight excluding hydrogens is 194 g/mol. The van der Waals surface area contributed by atoms with Crippen LogP contribution in [0, 0.1) is 5.92 Å². The van der Waals surface area contributed by atoms with Gasteiger partial charge >= 0.3 is 0 Å². The SMILES string of the molecule is CC(C)[C@@H](CO)NC(=O)CC1CCCO1. The van der Waals surface area contributed by atoms with Crippen molar-refractivity contribution in [3.05, 3.63) is 0 Å². The maximum absolute atomic E-state index is 11.6. The first kappa shape index (κ1) is 12.5. The quantitative estimate of drug-likeness (QED) is 0.709. The predicted octanol–water partition coefficient (Wildman–Crippen LogP) is 0.689. The third-order valence-corrected chi connectivity index (χ3v) is 2.78. The number of hydrogen-bond donors (Lipinski definition) is 2. The summed E-state index contributed by atoms with van der Waals surface area (Å²) in [6.45, 7) is 4.72. The van der Waals surface area contributed by atoms with Gasteiger partial charge < -0.3 is 15.2 Å². The molecule has 88 valence electrons. The van der Waals surface area contributed by atoms with Gasteiger partial charge in [0.15, 0.2) is 0 Å². The summed E-state index contributed by atoms with van der Waals surface area (Å²) in [5.74, 6) is 0.234. The second kappa shape index (κ2) is 6.08. The lowest BCUT2D eigenvalue weighted by Crippen LogP contribution is -2.42. The van der Waals surface area contributed by atoms with E-state index in [0.717, 1.165) is 19.4 Å². The van der Waals surface area contributed by atoms with Crippen LogP contribution in [0.25, 0.3) is 0 Å². The molecule has 2 atom stereocenters. The molecule has 4 nitrogen and oxygen atoms in total. The molecule has 1 saturated heterocycles. The Morgan fingerprint density at radius 2 is 2.33 bits per heavy atom. The minimum absolute atomic E-state index is 0.00503. The summed E-state index contributed by atoms with van der Waals surface area (Å²) in [6.07, 6.45) is 2.52. The Labute approximate surface area is 91.0 Å². The molecule has 2 N–H and O–H groups in total. The van der Waals surface area contributed by atoms with Crippen LogP contribution in [0.2, 0.25) is 0 Å². The van der Waals surface area contributed by atoms with E-state index in [1.54, 1.807) is 0 Å². The number of ether oxygens (including phenoxy) is 1. The van der Waals surface area contributed by atoms with Crippen LogP contribution in [-0.4, -0.2) is 36.4 Å². The molecule has 0 aromatic heterocycles. The van der Waals surface area contributed by atoms with E-state index < -0.39 is 0 Å². The second-order valence-corrected chi connectivity index (χ2v) is 4.44. The Balaban J connectivity index is 2.27. The Morgan fingerprint density at radius 3 is 2.80 bits per heavy atom. The van der Waals surface area contributed by atoms with Crippen LogP contribution < -0.4 is 5.32 Å². The van der Waals surface area contributed by atoms with Gasteiger partial charge in [0.1, 0.15) is 0 Å². The third-order valence-electron chi connectivity index (χ3n) is 2.78. The highest BCUT2D eigenvalue weighted by Crippen LogP contribution is 2.15. The van der Waals surface area contributed by atoms with Crippen LogP contribution in [0.1, 0.15) is 33.1 Å². The molecule has 1 amide bonds. The number of carbonyl (C=O) groups is 1. The topological polar surface area (TPSA) is 58.6 Å². The van der Waals surface area contributed by atoms with E-state index >= 15 is 0 Å². The average Bonchev–Trinajstić information content (AvgIpc) is 2.66. The fourth-order valence-electron chi connectivity index (χ4n) is 1.70. The number of carbonyl (C=O) groups excluding carboxylic acids is 1. The van der Waals surface area contributed by atoms with Crippen molar-refractivity contribution in [3.63, 3.8) is 0 Å². The number of nitrogens with one attached hydrogen (secondary N) is 1. The Hall–Kier alpha value is -0.610. The van der Waals surface area contributed by atoms with Crippen LogP contribution in [0.15, 0.2) is 0 Å². The van der Waals surface area contributed by atoms with Gasteiger partial charge in [-0.1, -0.05) is 13.8 Å². The molecule has 1 unspecified atom stereocenters. The number of aliphatic hydroxyl groups excluding tert-OH is 1. The van der Waals surface area contributed by atoms with Crippen LogP contribution >= 0.6 is 0 Å². The van der Waals surface area contributed by atoms with Crippen molar-refractivity contribution in [1.82, 2.24) is 5.32 Å². The van der Waals surface area contributed by atoms with Crippen LogP contribution in [0.3, 0.4) is 0 Å². The first-order chi connectivity index (χ1) is 7.13. The van der Waals surface area contributed by atoms with E-state index in [1.165, 1.54) is 0 Å². The largest absolute Gasteiger partial charge is 0.394 e. The number of aliphatic hydroxyl groups is 1. The maximum Gasteiger partial charge on any atom is 0.222 e. The summed E-state index contributed by atoms with van der Waals surface area (Å²) in [7, 11) is 0. The van der Waals surface area contributed by atoms with Crippen molar-refractivity contribution in [1.29, 1.82) is 0 Å². The molecule has 1 heterocycles. The van der Waals surface area contributed by atoms with E-state index in [9.17, 15) is 4.79 Å². The summed E-state index contributed by atoms with van der Waals surface area (Å²) in [5.41, 5.74) is 0. The zero-order chi connectivity index (χ0) is 11.3. The van der Waals surface area contributed by atoms with Gasteiger partial charge in [0, 0.05) is 6.61 Å². The Kier molecular flexibility index (Phi) is 5.05. The van der Waals surface area contributed by atoms with Crippen LogP contribution in [0.4, 0.5) is 0 Å². The maximum atomic E-state index is 11.6. The predicted molar refractivity (Wildman–Crippen MR) is 57.4 cm³/mol. The Morgan fingerprint density at radius 1 is 1.60 bits per heavy atom. The zero-order valence-electron chi connectivity index (χ0n) is 9.53. The van der Waals surface area contributed by atoms with Crippen molar-refractivity contribution in [2.75, 3.05) is 13.2 Å². The average molecular weight is 215 g/mol. The third kappa shape index (κ3) is 4.18. The number of hydrogen-bond acceptors (Lipinski definition) is 3. The molecule has 0 saturated carbocycles. The molecule has 1 rings (SSSR count). The minimum atomic E-state index is -0.140. The molecule has 0 aromatic carbocycles. The Bertz CT molecular complexity index is 200. The molecule has 15 heavy (non-hydrogen) atoms. The van der Waals surface area contributed by atoms with Gasteiger partial charge in [0.2, 0.25) is 5.91 Å². The van der Waals surface area contributed by atoms with E-state index in [1.807, 2.05) is 13.8 Å². The van der Waals surface area contributed by atoms with E-state index in [0.29, 0.717) is 6.42 Å². The fraction of sp³-hybridized carbons (Fsp3) is 0.909. The first-order valence-electron chi connectivity index (χ1n) is 5.65. The van der Waals surface area contributed by atoms with Gasteiger partial charge in [0.25, 0.3) is 0 Å². The number of rotatable bonds is 5. The highest BCUT2D eigenvalue weighted by Gasteiger charge is 2.21. The summed E-state index contributed by atoms with van der Waals surface area (Å²) < 4.78 is 5.38. The smallest absolute Gasteiger partial charge is 0.222 e. The molecule has 1 fully saturated rings. The number of amides is 1. The van der Waals surface area contributed by atoms with Crippen molar-refractivity contribution < 1.29 is 14.6 Å². The minimum Gasteiger partial charge on any atom is -0.394 e. The van der Waals surface area contributed by atoms with Gasteiger partial charge in [0.05, 0.1) is 25.2 Å². The molecule has 4 heteroatoms. The molecule has 0 aliphatic carbocycles. The normalized spacial score (nSPS) is 23.1. The molecule has 1 aliphatic rings. The standard InChI is InChI=1S/C11H21NO3/c1-8(2)10(7-13)12-11(14)6-9-4-3-5-15-9/h8-10,13H,3-7H2,1-2H3,(H,12,14)/t9?,10-/m1/s1. The molecule has 0 radical (unpaired) electrons. The monoisotopic (exact) mass is 215 g/mol. The van der Waals surface area contributed by atoms with Crippen LogP contribution in [-0.2, 0) is 9.53 Å². The highest BCUT2D eigenvalue weighted by molar-refractivity contribution is 5.76. The molecule has 0 spiro atoms. The van der Waals surface area contributed by atoms with E-state index in [4.69, 9.17) is 9.84 Å². The van der Waals surface area contributed by atoms with Crippen LogP contribution in [0.5, 0.6) is 0 Å². The van der Waals surface area contributed by atoms with Gasteiger partial charge in [-0.2, -0.15) is 0 Å². The summed E-state index contributed by atoms with van der Waals surface area (Å²) in [6, 6.07) is -0.140. The molecule has 0 bridgehead atoms. The molecule has 0 aromatic rings.